The molecule has 0 unspecified atom stereocenters. The minimum absolute atomic E-state index is 0.0150. The largest absolute Gasteiger partial charge is 0.352 e. The van der Waals surface area contributed by atoms with Gasteiger partial charge in [-0.25, -0.2) is 12.8 Å². The second-order valence-electron chi connectivity index (χ2n) is 11.0. The van der Waals surface area contributed by atoms with Gasteiger partial charge in [0.25, 0.3) is 0 Å². The van der Waals surface area contributed by atoms with E-state index in [-0.39, 0.29) is 24.9 Å². The monoisotopic (exact) mass is 593 g/mol. The summed E-state index contributed by atoms with van der Waals surface area (Å²) in [6, 6.07) is 21.4. The SMILES string of the molecule is CCc1ccc(N(CC(=O)N(Cc2ccc(F)cc2)[C@@H](Cc2ccccc2)C(=O)NC2CCCCC2)S(C)(=O)=O)cc1. The Kier molecular flexibility index (Phi) is 10.7. The first kappa shape index (κ1) is 31.2. The number of aryl methyl sites for hydroxylation is 1. The molecule has 0 bridgehead atoms. The molecule has 42 heavy (non-hydrogen) atoms. The van der Waals surface area contributed by atoms with Crippen molar-refractivity contribution in [1.82, 2.24) is 10.2 Å². The highest BCUT2D eigenvalue weighted by Gasteiger charge is 2.34. The van der Waals surface area contributed by atoms with Crippen molar-refractivity contribution in [2.45, 2.75) is 70.5 Å². The number of carbonyl (C=O) groups is 2. The summed E-state index contributed by atoms with van der Waals surface area (Å²) < 4.78 is 40.7. The molecule has 1 aliphatic rings. The zero-order valence-corrected chi connectivity index (χ0v) is 25.2. The van der Waals surface area contributed by atoms with E-state index < -0.39 is 34.3 Å². The molecule has 9 heteroatoms. The van der Waals surface area contributed by atoms with Crippen LogP contribution in [0.15, 0.2) is 78.9 Å². The molecule has 0 radical (unpaired) electrons. The predicted molar refractivity (Wildman–Crippen MR) is 164 cm³/mol. The number of nitrogens with one attached hydrogen (secondary N) is 1. The molecule has 0 aromatic heterocycles. The number of rotatable bonds is 12. The van der Waals surface area contributed by atoms with Gasteiger partial charge in [0.1, 0.15) is 18.4 Å². The van der Waals surface area contributed by atoms with Crippen LogP contribution in [-0.2, 0) is 39.0 Å². The normalized spacial score (nSPS) is 14.6. The fourth-order valence-electron chi connectivity index (χ4n) is 5.40. The van der Waals surface area contributed by atoms with Gasteiger partial charge in [0, 0.05) is 19.0 Å². The molecule has 1 saturated carbocycles. The topological polar surface area (TPSA) is 86.8 Å². The fraction of sp³-hybridized carbons (Fsp3) is 0.394. The van der Waals surface area contributed by atoms with E-state index in [0.29, 0.717) is 11.3 Å². The van der Waals surface area contributed by atoms with Crippen LogP contribution in [0, 0.1) is 5.82 Å². The number of anilines is 1. The van der Waals surface area contributed by atoms with E-state index >= 15 is 0 Å². The molecule has 0 heterocycles. The minimum atomic E-state index is -3.84. The maximum atomic E-state index is 14.2. The van der Waals surface area contributed by atoms with Crippen LogP contribution < -0.4 is 9.62 Å². The van der Waals surface area contributed by atoms with Gasteiger partial charge in [-0.05, 0) is 60.2 Å². The lowest BCUT2D eigenvalue weighted by Gasteiger charge is -2.35. The summed E-state index contributed by atoms with van der Waals surface area (Å²) in [6.07, 6.45) is 7.07. The molecule has 0 aliphatic heterocycles. The number of benzene rings is 3. The lowest BCUT2D eigenvalue weighted by molar-refractivity contribution is -0.140. The molecular weight excluding hydrogens is 553 g/mol. The summed E-state index contributed by atoms with van der Waals surface area (Å²) in [5.41, 5.74) is 2.91. The first-order valence-electron chi connectivity index (χ1n) is 14.6. The summed E-state index contributed by atoms with van der Waals surface area (Å²) in [4.78, 5) is 29.5. The molecule has 2 amide bonds. The summed E-state index contributed by atoms with van der Waals surface area (Å²) in [5.74, 6) is -1.21. The first-order valence-corrected chi connectivity index (χ1v) is 16.4. The van der Waals surface area contributed by atoms with Gasteiger partial charge < -0.3 is 10.2 Å². The van der Waals surface area contributed by atoms with Crippen molar-refractivity contribution in [1.29, 1.82) is 0 Å². The predicted octanol–water partition coefficient (Wildman–Crippen LogP) is 5.24. The molecule has 3 aromatic carbocycles. The van der Waals surface area contributed by atoms with Crippen LogP contribution >= 0.6 is 0 Å². The number of carbonyl (C=O) groups excluding carboxylic acids is 2. The Hall–Kier alpha value is -3.72. The Bertz CT molecular complexity index is 1420. The van der Waals surface area contributed by atoms with Gasteiger partial charge in [-0.1, -0.05) is 80.8 Å². The lowest BCUT2D eigenvalue weighted by atomic mass is 9.94. The standard InChI is InChI=1S/C33H40FN3O4S/c1-3-25-16-20-30(21-17-25)37(42(2,40)41)24-32(38)36(23-27-14-18-28(34)19-15-27)31(22-26-10-6-4-7-11-26)33(39)35-29-12-8-5-9-13-29/h4,6-7,10-11,14-21,29,31H,3,5,8-9,12-13,22-24H2,1-2H3,(H,35,39)/t31-/m0/s1. The van der Waals surface area contributed by atoms with Gasteiger partial charge in [0.15, 0.2) is 0 Å². The van der Waals surface area contributed by atoms with Gasteiger partial charge in [-0.3, -0.25) is 13.9 Å². The Morgan fingerprint density at radius 2 is 1.50 bits per heavy atom. The van der Waals surface area contributed by atoms with Crippen LogP contribution in [0.1, 0.15) is 55.7 Å². The quantitative estimate of drug-likeness (QED) is 0.311. The van der Waals surface area contributed by atoms with E-state index in [4.69, 9.17) is 0 Å². The molecule has 0 saturated heterocycles. The molecule has 4 rings (SSSR count). The molecule has 1 aliphatic carbocycles. The third kappa shape index (κ3) is 8.64. The summed E-state index contributed by atoms with van der Waals surface area (Å²) in [5, 5.41) is 3.17. The zero-order valence-electron chi connectivity index (χ0n) is 24.3. The smallest absolute Gasteiger partial charge is 0.244 e. The van der Waals surface area contributed by atoms with E-state index in [1.54, 1.807) is 24.3 Å². The van der Waals surface area contributed by atoms with Crippen LogP contribution in [0.25, 0.3) is 0 Å². The van der Waals surface area contributed by atoms with Crippen LogP contribution in [0.3, 0.4) is 0 Å². The number of amides is 2. The van der Waals surface area contributed by atoms with E-state index in [1.165, 1.54) is 17.0 Å². The maximum Gasteiger partial charge on any atom is 0.244 e. The molecule has 224 valence electrons. The lowest BCUT2D eigenvalue weighted by Crippen LogP contribution is -2.55. The third-order valence-electron chi connectivity index (χ3n) is 7.80. The Morgan fingerprint density at radius 3 is 2.10 bits per heavy atom. The van der Waals surface area contributed by atoms with Gasteiger partial charge in [0.2, 0.25) is 21.8 Å². The van der Waals surface area contributed by atoms with Gasteiger partial charge in [-0.15, -0.1) is 0 Å². The second-order valence-corrected chi connectivity index (χ2v) is 12.9. The highest BCUT2D eigenvalue weighted by Crippen LogP contribution is 2.23. The number of hydrogen-bond donors (Lipinski definition) is 1. The second kappa shape index (κ2) is 14.4. The highest BCUT2D eigenvalue weighted by molar-refractivity contribution is 7.92. The zero-order chi connectivity index (χ0) is 30.1. The molecule has 1 N–H and O–H groups in total. The Labute approximate surface area is 248 Å². The van der Waals surface area contributed by atoms with Crippen molar-refractivity contribution in [3.8, 4) is 0 Å². The van der Waals surface area contributed by atoms with Gasteiger partial charge >= 0.3 is 0 Å². The Balaban J connectivity index is 1.70. The van der Waals surface area contributed by atoms with Gasteiger partial charge in [-0.2, -0.15) is 0 Å². The minimum Gasteiger partial charge on any atom is -0.352 e. The van der Waals surface area contributed by atoms with Crippen molar-refractivity contribution in [2.24, 2.45) is 0 Å². The average Bonchev–Trinajstić information content (AvgIpc) is 2.99. The van der Waals surface area contributed by atoms with Crippen molar-refractivity contribution in [3.05, 3.63) is 101 Å². The first-order chi connectivity index (χ1) is 20.1. The van der Waals surface area contributed by atoms with E-state index in [2.05, 4.69) is 5.32 Å². The van der Waals surface area contributed by atoms with E-state index in [1.807, 2.05) is 49.4 Å². The summed E-state index contributed by atoms with van der Waals surface area (Å²) in [7, 11) is -3.84. The fourth-order valence-corrected chi connectivity index (χ4v) is 6.25. The van der Waals surface area contributed by atoms with Crippen LogP contribution in [0.5, 0.6) is 0 Å². The number of nitrogens with zero attached hydrogens (tertiary/aromatic N) is 2. The van der Waals surface area contributed by atoms with E-state index in [0.717, 1.165) is 60.2 Å². The molecule has 3 aromatic rings. The summed E-state index contributed by atoms with van der Waals surface area (Å²) in [6.45, 7) is 1.54. The van der Waals surface area contributed by atoms with Crippen molar-refractivity contribution in [3.63, 3.8) is 0 Å². The molecule has 0 spiro atoms. The number of hydrogen-bond acceptors (Lipinski definition) is 4. The number of halogens is 1. The molecule has 7 nitrogen and oxygen atoms in total. The van der Waals surface area contributed by atoms with Crippen molar-refractivity contribution in [2.75, 3.05) is 17.1 Å². The van der Waals surface area contributed by atoms with Crippen molar-refractivity contribution < 1.29 is 22.4 Å². The van der Waals surface area contributed by atoms with Gasteiger partial charge in [0.05, 0.1) is 11.9 Å². The van der Waals surface area contributed by atoms with Crippen LogP contribution in [0.2, 0.25) is 0 Å². The van der Waals surface area contributed by atoms with E-state index in [9.17, 15) is 22.4 Å². The maximum absolute atomic E-state index is 14.2. The number of sulfonamides is 1. The molecule has 1 atom stereocenters. The molecule has 1 fully saturated rings. The Morgan fingerprint density at radius 1 is 0.881 bits per heavy atom. The highest BCUT2D eigenvalue weighted by atomic mass is 32.2. The van der Waals surface area contributed by atoms with Crippen LogP contribution in [0.4, 0.5) is 10.1 Å². The van der Waals surface area contributed by atoms with Crippen LogP contribution in [-0.4, -0.2) is 50.0 Å². The molecular formula is C33H40FN3O4S. The third-order valence-corrected chi connectivity index (χ3v) is 8.94. The average molecular weight is 594 g/mol. The summed E-state index contributed by atoms with van der Waals surface area (Å²) >= 11 is 0. The van der Waals surface area contributed by atoms with Crippen molar-refractivity contribution >= 4 is 27.5 Å².